The Balaban J connectivity index is 3.19. The minimum atomic E-state index is -4.67. The lowest BCUT2D eigenvalue weighted by Crippen LogP contribution is -2.40. The smallest absolute Gasteiger partial charge is 0.407 e. The molecule has 0 fully saturated rings. The number of benzene rings is 1. The molecule has 0 aliphatic rings. The minimum absolute atomic E-state index is 0.169. The Bertz CT molecular complexity index is 537. The van der Waals surface area contributed by atoms with Gasteiger partial charge in [-0.15, -0.1) is 6.58 Å². The average Bonchev–Trinajstić information content (AvgIpc) is 2.26. The summed E-state index contributed by atoms with van der Waals surface area (Å²) in [7, 11) is -4.16. The number of halogens is 3. The summed E-state index contributed by atoms with van der Waals surface area (Å²) in [6.07, 6.45) is -3.66. The number of alkyl halides is 3. The van der Waals surface area contributed by atoms with Crippen LogP contribution < -0.4 is 4.31 Å². The molecular weight excluding hydrogens is 283 g/mol. The van der Waals surface area contributed by atoms with Crippen LogP contribution in [0, 0.1) is 0 Å². The van der Waals surface area contributed by atoms with E-state index in [-0.39, 0.29) is 15.7 Å². The van der Waals surface area contributed by atoms with Crippen molar-refractivity contribution in [2.45, 2.75) is 6.18 Å². The van der Waals surface area contributed by atoms with E-state index in [0.29, 0.717) is 0 Å². The Morgan fingerprint density at radius 2 is 1.79 bits per heavy atom. The molecule has 1 aromatic rings. The summed E-state index contributed by atoms with van der Waals surface area (Å²) in [5.41, 5.74) is -0.169. The van der Waals surface area contributed by atoms with Gasteiger partial charge in [-0.25, -0.2) is 8.42 Å². The van der Waals surface area contributed by atoms with Crippen LogP contribution in [-0.2, 0) is 10.0 Å². The van der Waals surface area contributed by atoms with E-state index in [2.05, 4.69) is 6.58 Å². The Labute approximate surface area is 108 Å². The van der Waals surface area contributed by atoms with Crippen molar-refractivity contribution in [3.05, 3.63) is 36.9 Å². The van der Waals surface area contributed by atoms with E-state index in [9.17, 15) is 21.6 Å². The van der Waals surface area contributed by atoms with E-state index in [0.717, 1.165) is 30.3 Å². The Kier molecular flexibility index (Phi) is 4.46. The van der Waals surface area contributed by atoms with Gasteiger partial charge < -0.3 is 5.11 Å². The van der Waals surface area contributed by atoms with Gasteiger partial charge in [-0.05, 0) is 24.3 Å². The second-order valence-corrected chi connectivity index (χ2v) is 5.64. The highest BCUT2D eigenvalue weighted by atomic mass is 32.2. The molecule has 4 nitrogen and oxygen atoms in total. The van der Waals surface area contributed by atoms with Crippen LogP contribution in [0.1, 0.15) is 0 Å². The first kappa shape index (κ1) is 15.4. The molecule has 106 valence electrons. The van der Waals surface area contributed by atoms with Gasteiger partial charge in [0.05, 0.1) is 11.4 Å². The van der Waals surface area contributed by atoms with Gasteiger partial charge in [-0.3, -0.25) is 4.31 Å². The van der Waals surface area contributed by atoms with Gasteiger partial charge >= 0.3 is 6.18 Å². The molecule has 0 spiro atoms. The number of sulfonamides is 1. The van der Waals surface area contributed by atoms with Crippen LogP contribution in [0.2, 0.25) is 0 Å². The SMILES string of the molecule is C=CCS(=O)(=O)N(CC(F)(F)F)c1ccc(O)cc1. The van der Waals surface area contributed by atoms with Crippen LogP contribution in [0.4, 0.5) is 18.9 Å². The summed E-state index contributed by atoms with van der Waals surface area (Å²) < 4.78 is 61.2. The number of hydrogen-bond acceptors (Lipinski definition) is 3. The molecule has 0 heterocycles. The normalized spacial score (nSPS) is 12.2. The highest BCUT2D eigenvalue weighted by molar-refractivity contribution is 7.92. The maximum Gasteiger partial charge on any atom is 0.407 e. The summed E-state index contributed by atoms with van der Waals surface area (Å²) in [5.74, 6) is -0.777. The second kappa shape index (κ2) is 5.52. The lowest BCUT2D eigenvalue weighted by Gasteiger charge is -2.25. The molecule has 8 heteroatoms. The zero-order valence-corrected chi connectivity index (χ0v) is 10.6. The Morgan fingerprint density at radius 3 is 2.21 bits per heavy atom. The standard InChI is InChI=1S/C11H12F3NO3S/c1-2-7-19(17,18)15(8-11(12,13)14)9-3-5-10(16)6-4-9/h2-6,16H,1,7-8H2. The average molecular weight is 295 g/mol. The zero-order valence-electron chi connectivity index (χ0n) is 9.76. The minimum Gasteiger partial charge on any atom is -0.508 e. The molecule has 0 unspecified atom stereocenters. The first-order valence-corrected chi connectivity index (χ1v) is 6.74. The molecule has 0 aliphatic carbocycles. The van der Waals surface area contributed by atoms with E-state index in [4.69, 9.17) is 5.11 Å². The van der Waals surface area contributed by atoms with Gasteiger partial charge in [0, 0.05) is 0 Å². The van der Waals surface area contributed by atoms with Gasteiger partial charge in [-0.2, -0.15) is 13.2 Å². The third-order valence-electron chi connectivity index (χ3n) is 2.12. The van der Waals surface area contributed by atoms with Crippen LogP contribution >= 0.6 is 0 Å². The maximum atomic E-state index is 12.5. The fourth-order valence-corrected chi connectivity index (χ4v) is 2.63. The number of aromatic hydroxyl groups is 1. The number of anilines is 1. The van der Waals surface area contributed by atoms with Gasteiger partial charge in [-0.1, -0.05) is 6.08 Å². The van der Waals surface area contributed by atoms with Crippen molar-refractivity contribution in [1.29, 1.82) is 0 Å². The van der Waals surface area contributed by atoms with Crippen LogP contribution in [0.25, 0.3) is 0 Å². The number of nitrogens with zero attached hydrogens (tertiary/aromatic N) is 1. The Hall–Kier alpha value is -1.70. The summed E-state index contributed by atoms with van der Waals surface area (Å²) in [6, 6.07) is 4.42. The van der Waals surface area contributed by atoms with E-state index in [1.807, 2.05) is 0 Å². The molecule has 1 rings (SSSR count). The van der Waals surface area contributed by atoms with Crippen molar-refractivity contribution in [3.63, 3.8) is 0 Å². The molecule has 0 radical (unpaired) electrons. The molecule has 0 atom stereocenters. The lowest BCUT2D eigenvalue weighted by molar-refractivity contribution is -0.117. The highest BCUT2D eigenvalue weighted by Gasteiger charge is 2.36. The molecule has 0 aliphatic heterocycles. The fourth-order valence-electron chi connectivity index (χ4n) is 1.37. The molecule has 0 saturated heterocycles. The van der Waals surface area contributed by atoms with Crippen molar-refractivity contribution < 1.29 is 26.7 Å². The number of rotatable bonds is 5. The van der Waals surface area contributed by atoms with Crippen LogP contribution in [-0.4, -0.2) is 32.0 Å². The monoisotopic (exact) mass is 295 g/mol. The first-order valence-electron chi connectivity index (χ1n) is 5.13. The van der Waals surface area contributed by atoms with E-state index in [1.54, 1.807) is 0 Å². The van der Waals surface area contributed by atoms with Gasteiger partial charge in [0.25, 0.3) is 0 Å². The molecule has 1 aromatic carbocycles. The molecule has 0 amide bonds. The molecule has 1 N–H and O–H groups in total. The molecule has 19 heavy (non-hydrogen) atoms. The topological polar surface area (TPSA) is 57.6 Å². The van der Waals surface area contributed by atoms with Crippen molar-refractivity contribution in [2.75, 3.05) is 16.6 Å². The highest BCUT2D eigenvalue weighted by Crippen LogP contribution is 2.26. The molecule has 0 aromatic heterocycles. The number of phenols is 1. The number of phenolic OH excluding ortho intramolecular Hbond substituents is 1. The van der Waals surface area contributed by atoms with E-state index < -0.39 is 28.5 Å². The predicted molar refractivity (Wildman–Crippen MR) is 65.5 cm³/mol. The summed E-state index contributed by atoms with van der Waals surface area (Å²) in [6.45, 7) is 1.57. The predicted octanol–water partition coefficient (Wildman–Crippen LogP) is 2.28. The van der Waals surface area contributed by atoms with Crippen molar-refractivity contribution in [3.8, 4) is 5.75 Å². The van der Waals surface area contributed by atoms with E-state index in [1.165, 1.54) is 0 Å². The summed E-state index contributed by atoms with van der Waals surface area (Å²) in [4.78, 5) is 0. The molecule has 0 saturated carbocycles. The second-order valence-electron chi connectivity index (χ2n) is 3.71. The van der Waals surface area contributed by atoms with Gasteiger partial charge in [0.15, 0.2) is 0 Å². The quantitative estimate of drug-likeness (QED) is 0.848. The zero-order chi connectivity index (χ0) is 14.7. The largest absolute Gasteiger partial charge is 0.508 e. The van der Waals surface area contributed by atoms with Crippen molar-refractivity contribution >= 4 is 15.7 Å². The third-order valence-corrected chi connectivity index (χ3v) is 3.79. The van der Waals surface area contributed by atoms with Crippen molar-refractivity contribution in [1.82, 2.24) is 0 Å². The first-order chi connectivity index (χ1) is 8.65. The van der Waals surface area contributed by atoms with Crippen molar-refractivity contribution in [2.24, 2.45) is 0 Å². The Morgan fingerprint density at radius 1 is 1.26 bits per heavy atom. The molecular formula is C11H12F3NO3S. The lowest BCUT2D eigenvalue weighted by atomic mass is 10.3. The summed E-state index contributed by atoms with van der Waals surface area (Å²) >= 11 is 0. The van der Waals surface area contributed by atoms with Crippen LogP contribution in [0.15, 0.2) is 36.9 Å². The van der Waals surface area contributed by atoms with E-state index >= 15 is 0 Å². The van der Waals surface area contributed by atoms with Crippen LogP contribution in [0.5, 0.6) is 5.75 Å². The maximum absolute atomic E-state index is 12.5. The van der Waals surface area contributed by atoms with Crippen LogP contribution in [0.3, 0.4) is 0 Å². The van der Waals surface area contributed by atoms with Gasteiger partial charge in [0.1, 0.15) is 12.3 Å². The van der Waals surface area contributed by atoms with Gasteiger partial charge in [0.2, 0.25) is 10.0 Å². The molecule has 0 bridgehead atoms. The summed E-state index contributed by atoms with van der Waals surface area (Å²) in [5, 5.41) is 9.07. The number of hydrogen-bond donors (Lipinski definition) is 1. The fraction of sp³-hybridized carbons (Fsp3) is 0.273. The third kappa shape index (κ3) is 4.47.